The van der Waals surface area contributed by atoms with Gasteiger partial charge in [0.2, 0.25) is 0 Å². The highest BCUT2D eigenvalue weighted by atomic mass is 35.5. The molecule has 0 unspecified atom stereocenters. The number of ether oxygens (including phenoxy) is 1. The van der Waals surface area contributed by atoms with E-state index in [-0.39, 0.29) is 19.1 Å². The van der Waals surface area contributed by atoms with Crippen LogP contribution in [0.3, 0.4) is 0 Å². The van der Waals surface area contributed by atoms with Crippen LogP contribution in [0.5, 0.6) is 5.75 Å². The van der Waals surface area contributed by atoms with Crippen molar-refractivity contribution >= 4 is 23.4 Å². The lowest BCUT2D eigenvalue weighted by molar-refractivity contribution is -0.130. The summed E-state index contributed by atoms with van der Waals surface area (Å²) in [5.41, 5.74) is 4.64. The maximum absolute atomic E-state index is 11.8. The molecule has 1 aromatic heterocycles. The Morgan fingerprint density at radius 1 is 1.12 bits per heavy atom. The second-order valence-corrected chi connectivity index (χ2v) is 5.96. The molecular weight excluding hydrogens is 346 g/mol. The third kappa shape index (κ3) is 6.86. The average molecular weight is 366 g/mol. The minimum atomic E-state index is -0.465. The fourth-order valence-electron chi connectivity index (χ4n) is 2.03. The summed E-state index contributed by atoms with van der Waals surface area (Å²) in [6, 6.07) is 10.3. The van der Waals surface area contributed by atoms with E-state index in [2.05, 4.69) is 10.9 Å². The van der Waals surface area contributed by atoms with Crippen LogP contribution in [0.1, 0.15) is 11.5 Å². The van der Waals surface area contributed by atoms with Crippen molar-refractivity contribution in [2.24, 2.45) is 0 Å². The van der Waals surface area contributed by atoms with Crippen LogP contribution in [-0.2, 0) is 16.1 Å². The van der Waals surface area contributed by atoms with E-state index in [0.717, 1.165) is 11.5 Å². The molecule has 25 heavy (non-hydrogen) atoms. The average Bonchev–Trinajstić information content (AvgIpc) is 2.97. The van der Waals surface area contributed by atoms with Crippen molar-refractivity contribution in [3.63, 3.8) is 0 Å². The Hall–Kier alpha value is -2.51. The number of halogens is 1. The maximum Gasteiger partial charge on any atom is 0.276 e. The third-order valence-electron chi connectivity index (χ3n) is 3.16. The quantitative estimate of drug-likeness (QED) is 0.732. The van der Waals surface area contributed by atoms with Gasteiger partial charge in [-0.3, -0.25) is 25.3 Å². The first kappa shape index (κ1) is 18.8. The normalized spacial score (nSPS) is 10.6. The van der Waals surface area contributed by atoms with Gasteiger partial charge >= 0.3 is 0 Å². The van der Waals surface area contributed by atoms with Crippen LogP contribution in [0, 0.1) is 6.92 Å². The number of carbonyl (C=O) groups excluding carboxylic acids is 2. The summed E-state index contributed by atoms with van der Waals surface area (Å²) in [5.74, 6) is 1.30. The molecule has 0 spiro atoms. The maximum atomic E-state index is 11.8. The lowest BCUT2D eigenvalue weighted by atomic mass is 10.3. The van der Waals surface area contributed by atoms with Gasteiger partial charge in [-0.15, -0.1) is 0 Å². The molecule has 0 bridgehead atoms. The predicted octanol–water partition coefficient (Wildman–Crippen LogP) is 1.90. The molecule has 0 radical (unpaired) electrons. The molecule has 2 amide bonds. The molecule has 7 nitrogen and oxygen atoms in total. The monoisotopic (exact) mass is 365 g/mol. The second-order valence-electron chi connectivity index (χ2n) is 5.52. The number of furan rings is 1. The van der Waals surface area contributed by atoms with Crippen molar-refractivity contribution < 1.29 is 18.7 Å². The van der Waals surface area contributed by atoms with Crippen LogP contribution < -0.4 is 15.6 Å². The van der Waals surface area contributed by atoms with E-state index in [1.165, 1.54) is 0 Å². The van der Waals surface area contributed by atoms with Gasteiger partial charge in [0.05, 0.1) is 13.1 Å². The molecule has 0 saturated carbocycles. The summed E-state index contributed by atoms with van der Waals surface area (Å²) in [7, 11) is 1.78. The van der Waals surface area contributed by atoms with Gasteiger partial charge in [-0.2, -0.15) is 0 Å². The minimum Gasteiger partial charge on any atom is -0.484 e. The zero-order valence-electron chi connectivity index (χ0n) is 14.0. The van der Waals surface area contributed by atoms with Crippen molar-refractivity contribution in [1.82, 2.24) is 15.8 Å². The highest BCUT2D eigenvalue weighted by Crippen LogP contribution is 2.15. The number of amides is 2. The second kappa shape index (κ2) is 9.10. The molecule has 2 N–H and O–H groups in total. The first-order chi connectivity index (χ1) is 11.9. The minimum absolute atomic E-state index is 0.109. The predicted molar refractivity (Wildman–Crippen MR) is 93.0 cm³/mol. The molecule has 8 heteroatoms. The lowest BCUT2D eigenvalue weighted by Gasteiger charge is -2.15. The van der Waals surface area contributed by atoms with Crippen LogP contribution in [0.25, 0.3) is 0 Å². The molecule has 1 heterocycles. The summed E-state index contributed by atoms with van der Waals surface area (Å²) in [6.45, 7) is 2.24. The molecule has 0 saturated heterocycles. The Labute approximate surface area is 150 Å². The van der Waals surface area contributed by atoms with E-state index in [1.54, 1.807) is 36.2 Å². The van der Waals surface area contributed by atoms with E-state index in [9.17, 15) is 9.59 Å². The largest absolute Gasteiger partial charge is 0.484 e. The lowest BCUT2D eigenvalue weighted by Crippen LogP contribution is -2.47. The van der Waals surface area contributed by atoms with Gasteiger partial charge < -0.3 is 9.15 Å². The van der Waals surface area contributed by atoms with Gasteiger partial charge in [0, 0.05) is 5.02 Å². The highest BCUT2D eigenvalue weighted by Gasteiger charge is 2.10. The standard InChI is InChI=1S/C17H20ClN3O4/c1-12-3-6-15(25-12)9-21(2)10-16(22)19-20-17(23)11-24-14-7-4-13(18)5-8-14/h3-8H,9-11H2,1-2H3,(H,19,22)(H,20,23). The van der Waals surface area contributed by atoms with Gasteiger partial charge in [0.15, 0.2) is 6.61 Å². The fraction of sp³-hybridized carbons (Fsp3) is 0.294. The Morgan fingerprint density at radius 3 is 2.44 bits per heavy atom. The van der Waals surface area contributed by atoms with Crippen molar-refractivity contribution in [2.75, 3.05) is 20.2 Å². The van der Waals surface area contributed by atoms with Gasteiger partial charge in [0.25, 0.3) is 11.8 Å². The summed E-state index contributed by atoms with van der Waals surface area (Å²) in [6.07, 6.45) is 0. The number of rotatable bonds is 7. The first-order valence-electron chi connectivity index (χ1n) is 7.62. The van der Waals surface area contributed by atoms with Crippen LogP contribution in [0.2, 0.25) is 5.02 Å². The van der Waals surface area contributed by atoms with Crippen molar-refractivity contribution in [3.05, 3.63) is 52.9 Å². The molecule has 1 aromatic carbocycles. The van der Waals surface area contributed by atoms with Crippen molar-refractivity contribution in [3.8, 4) is 5.75 Å². The SMILES string of the molecule is Cc1ccc(CN(C)CC(=O)NNC(=O)COc2ccc(Cl)cc2)o1. The Morgan fingerprint density at radius 2 is 1.80 bits per heavy atom. The molecule has 2 aromatic rings. The molecule has 0 aliphatic rings. The molecule has 0 aliphatic carbocycles. The summed E-state index contributed by atoms with van der Waals surface area (Å²) >= 11 is 5.76. The van der Waals surface area contributed by atoms with E-state index in [4.69, 9.17) is 20.8 Å². The number of hydrazine groups is 1. The molecule has 2 rings (SSSR count). The number of hydrogen-bond acceptors (Lipinski definition) is 5. The Bertz CT molecular complexity index is 715. The number of hydrogen-bond donors (Lipinski definition) is 2. The summed E-state index contributed by atoms with van der Waals surface area (Å²) in [4.78, 5) is 25.2. The van der Waals surface area contributed by atoms with E-state index in [1.807, 2.05) is 19.1 Å². The number of nitrogens with one attached hydrogen (secondary N) is 2. The van der Waals surface area contributed by atoms with Gasteiger partial charge in [-0.05, 0) is 50.4 Å². The van der Waals surface area contributed by atoms with Crippen LogP contribution in [-0.4, -0.2) is 36.9 Å². The van der Waals surface area contributed by atoms with Crippen LogP contribution in [0.4, 0.5) is 0 Å². The van der Waals surface area contributed by atoms with E-state index in [0.29, 0.717) is 17.3 Å². The van der Waals surface area contributed by atoms with Crippen molar-refractivity contribution in [1.29, 1.82) is 0 Å². The molecule has 0 aliphatic heterocycles. The fourth-order valence-corrected chi connectivity index (χ4v) is 2.16. The van der Waals surface area contributed by atoms with Gasteiger partial charge in [0.1, 0.15) is 17.3 Å². The topological polar surface area (TPSA) is 83.8 Å². The van der Waals surface area contributed by atoms with E-state index >= 15 is 0 Å². The molecule has 0 atom stereocenters. The van der Waals surface area contributed by atoms with Gasteiger partial charge in [-0.1, -0.05) is 11.6 Å². The summed E-state index contributed by atoms with van der Waals surface area (Å²) in [5, 5.41) is 0.581. The Kier molecular flexibility index (Phi) is 6.85. The van der Waals surface area contributed by atoms with Crippen molar-refractivity contribution in [2.45, 2.75) is 13.5 Å². The molecule has 0 fully saturated rings. The van der Waals surface area contributed by atoms with Gasteiger partial charge in [-0.25, -0.2) is 0 Å². The smallest absolute Gasteiger partial charge is 0.276 e. The number of nitrogens with zero attached hydrogens (tertiary/aromatic N) is 1. The van der Waals surface area contributed by atoms with Crippen LogP contribution in [0.15, 0.2) is 40.8 Å². The summed E-state index contributed by atoms with van der Waals surface area (Å²) < 4.78 is 10.7. The molecule has 134 valence electrons. The number of aryl methyl sites for hydroxylation is 1. The Balaban J connectivity index is 1.64. The highest BCUT2D eigenvalue weighted by molar-refractivity contribution is 6.30. The number of benzene rings is 1. The third-order valence-corrected chi connectivity index (χ3v) is 3.41. The van der Waals surface area contributed by atoms with E-state index < -0.39 is 5.91 Å². The van der Waals surface area contributed by atoms with Crippen LogP contribution >= 0.6 is 11.6 Å². The zero-order valence-corrected chi connectivity index (χ0v) is 14.8. The number of likely N-dealkylation sites (N-methyl/N-ethyl adjacent to an activating group) is 1. The molecular formula is C17H20ClN3O4. The number of carbonyl (C=O) groups is 2. The first-order valence-corrected chi connectivity index (χ1v) is 8.00. The zero-order chi connectivity index (χ0) is 18.2.